The van der Waals surface area contributed by atoms with E-state index in [0.717, 1.165) is 12.8 Å². The van der Waals surface area contributed by atoms with Crippen molar-refractivity contribution in [3.63, 3.8) is 0 Å². The molecule has 0 saturated heterocycles. The van der Waals surface area contributed by atoms with Gasteiger partial charge in [0.25, 0.3) is 0 Å². The number of hydrogen-bond donors (Lipinski definition) is 0. The van der Waals surface area contributed by atoms with Crippen molar-refractivity contribution < 1.29 is 20.4 Å². The largest absolute Gasteiger partial charge is 0.668 e. The molecule has 2 aromatic rings. The molecule has 0 aliphatic heterocycles. The average molecular weight is 550 g/mol. The van der Waals surface area contributed by atoms with Gasteiger partial charge in [-0.05, 0) is 24.0 Å². The van der Waals surface area contributed by atoms with Gasteiger partial charge < -0.3 is 16.0 Å². The maximum atomic E-state index is 3.50. The van der Waals surface area contributed by atoms with Gasteiger partial charge in [0.05, 0.1) is 0 Å². The van der Waals surface area contributed by atoms with Gasteiger partial charge in [0.15, 0.2) is 0 Å². The minimum atomic E-state index is 0.314. The number of rotatable bonds is 5. The number of allylic oxidation sites excluding steroid dienone is 8. The van der Waals surface area contributed by atoms with Crippen molar-refractivity contribution in [1.29, 1.82) is 0 Å². The molecule has 4 heteroatoms. The van der Waals surface area contributed by atoms with Crippen LogP contribution >= 0.6 is 0 Å². The molecule has 0 spiro atoms. The van der Waals surface area contributed by atoms with E-state index in [-0.39, 0.29) is 0 Å². The van der Waals surface area contributed by atoms with Gasteiger partial charge in [-0.15, -0.1) is 0 Å². The van der Waals surface area contributed by atoms with Gasteiger partial charge in [0.1, 0.15) is 0 Å². The summed E-state index contributed by atoms with van der Waals surface area (Å²) >= 11 is 2.25. The van der Waals surface area contributed by atoms with Gasteiger partial charge in [0.2, 0.25) is 0 Å². The van der Waals surface area contributed by atoms with Crippen LogP contribution in [0.5, 0.6) is 0 Å². The van der Waals surface area contributed by atoms with Crippen molar-refractivity contribution in [3.8, 4) is 0 Å². The van der Waals surface area contributed by atoms with Crippen molar-refractivity contribution in [1.82, 2.24) is 0 Å². The summed E-state index contributed by atoms with van der Waals surface area (Å²) in [5.74, 6) is 0. The zero-order valence-electron chi connectivity index (χ0n) is 25.8. The van der Waals surface area contributed by atoms with Crippen LogP contribution in [0.2, 0.25) is 0 Å². The van der Waals surface area contributed by atoms with Crippen LogP contribution < -0.4 is 0 Å². The van der Waals surface area contributed by atoms with E-state index in [4.69, 9.17) is 0 Å². The Balaban J connectivity index is 0. The van der Waals surface area contributed by atoms with Crippen molar-refractivity contribution in [2.45, 2.75) is 47.5 Å². The molecule has 0 bridgehead atoms. The topological polar surface area (TPSA) is 42.3 Å². The third-order valence-electron chi connectivity index (χ3n) is 5.84. The van der Waals surface area contributed by atoms with E-state index in [1.165, 1.54) is 31.7 Å². The second-order valence-corrected chi connectivity index (χ2v) is 10.2. The molecular weight excluding hydrogens is 498 g/mol. The van der Waals surface area contributed by atoms with E-state index < -0.39 is 0 Å². The summed E-state index contributed by atoms with van der Waals surface area (Å²) in [6.45, 7) is 11.3. The third-order valence-corrected chi connectivity index (χ3v) is 7.40. The Bertz CT molecular complexity index is 875. The van der Waals surface area contributed by atoms with Crippen molar-refractivity contribution in [2.75, 3.05) is 42.3 Å². The summed E-state index contributed by atoms with van der Waals surface area (Å²) in [5, 5.41) is 10.5. The maximum absolute atomic E-state index is 3.50. The Morgan fingerprint density at radius 2 is 0.921 bits per heavy atom. The molecule has 0 atom stereocenters. The van der Waals surface area contributed by atoms with E-state index >= 15 is 0 Å². The average Bonchev–Trinajstić information content (AvgIpc) is 3.04. The summed E-state index contributed by atoms with van der Waals surface area (Å²) in [6.07, 6.45) is 10.6. The molecule has 0 radical (unpaired) electrons. The normalized spacial score (nSPS) is 13.6. The van der Waals surface area contributed by atoms with Crippen LogP contribution in [0.15, 0.2) is 106 Å². The Kier molecular flexibility index (Phi) is 24.2. The maximum Gasteiger partial charge on any atom is -0.162 e. The molecule has 3 nitrogen and oxygen atoms in total. The quantitative estimate of drug-likeness (QED) is 0.263. The fourth-order valence-electron chi connectivity index (χ4n) is 3.39. The molecule has 0 heterocycles. The minimum absolute atomic E-state index is 0.314. The van der Waals surface area contributed by atoms with E-state index in [1.807, 2.05) is 12.1 Å². The predicted molar refractivity (Wildman–Crippen MR) is 169 cm³/mol. The van der Waals surface area contributed by atoms with E-state index in [1.54, 1.807) is 42.3 Å². The Hall–Kier alpha value is -2.01. The van der Waals surface area contributed by atoms with E-state index in [0.29, 0.717) is 5.41 Å². The molecule has 0 unspecified atom stereocenters. The predicted octanol–water partition coefficient (Wildman–Crippen LogP) is 9.63. The molecule has 0 aromatic heterocycles. The third kappa shape index (κ3) is 16.8. The fourth-order valence-corrected chi connectivity index (χ4v) is 3.97. The molecule has 0 saturated carbocycles. The van der Waals surface area contributed by atoms with Crippen LogP contribution in [0.3, 0.4) is 0 Å². The van der Waals surface area contributed by atoms with Gasteiger partial charge in [-0.25, -0.2) is 0 Å². The second kappa shape index (κ2) is 24.1. The van der Waals surface area contributed by atoms with Crippen molar-refractivity contribution in [2.24, 2.45) is 5.41 Å². The van der Waals surface area contributed by atoms with E-state index in [2.05, 4.69) is 144 Å². The van der Waals surface area contributed by atoms with Gasteiger partial charge in [-0.2, -0.15) is 42.3 Å². The summed E-state index contributed by atoms with van der Waals surface area (Å²) in [7, 11) is 10.5. The molecule has 0 amide bonds. The molecule has 2 aromatic carbocycles. The smallest absolute Gasteiger partial charge is 0.162 e. The first-order valence-corrected chi connectivity index (χ1v) is 13.8. The van der Waals surface area contributed by atoms with Gasteiger partial charge >= 0.3 is 81.1 Å². The standard InChI is InChI=1S/C18H18.C10H15.3C2H6N.Ti/c1(5-11-17-13-7-3-8-14-17)2-6-12-18-15-9-4-10-16-18;1-7-6-10(4,5)9(3)8(7)2;3*1-3-2;/h1-10,13-16H,11-12H2;1-5H3;3*1-2H3;/q;;3*-1;+3. The molecular formula is C34H51N3Ti. The fraction of sp³-hybridized carbons (Fsp3) is 0.412. The number of nitrogens with zero attached hydrogens (tertiary/aromatic N) is 3. The van der Waals surface area contributed by atoms with Crippen molar-refractivity contribution in [3.05, 3.63) is 133 Å². The molecule has 38 heavy (non-hydrogen) atoms. The van der Waals surface area contributed by atoms with Crippen LogP contribution in [0.1, 0.15) is 45.7 Å². The van der Waals surface area contributed by atoms with Gasteiger partial charge in [0, 0.05) is 0 Å². The summed E-state index contributed by atoms with van der Waals surface area (Å²) in [6, 6.07) is 21.0. The van der Waals surface area contributed by atoms with Gasteiger partial charge in [-0.3, -0.25) is 0 Å². The molecule has 3 rings (SSSR count). The summed E-state index contributed by atoms with van der Waals surface area (Å²) in [5.41, 5.74) is 7.54. The van der Waals surface area contributed by atoms with Crippen LogP contribution in [-0.4, -0.2) is 42.3 Å². The van der Waals surface area contributed by atoms with Crippen molar-refractivity contribution >= 4 is 0 Å². The minimum Gasteiger partial charge on any atom is -0.668 e. The summed E-state index contributed by atoms with van der Waals surface area (Å²) in [4.78, 5) is 0. The number of benzene rings is 2. The molecule has 1 aliphatic carbocycles. The zero-order chi connectivity index (χ0) is 29.4. The molecule has 0 N–H and O–H groups in total. The first kappa shape index (κ1) is 38.1. The SMILES string of the molecule is C(C=CCc1ccccc1)=CCc1ccccc1.CC1=C(C)C(C)(C)[C]([Ti+3])=C1C.C[N-]C.C[N-]C.C[N-]C. The van der Waals surface area contributed by atoms with E-state index in [9.17, 15) is 0 Å². The monoisotopic (exact) mass is 549 g/mol. The Morgan fingerprint density at radius 1 is 0.605 bits per heavy atom. The molecule has 1 aliphatic rings. The summed E-state index contributed by atoms with van der Waals surface area (Å²) < 4.78 is 1.53. The Labute approximate surface area is 247 Å². The number of hydrogen-bond acceptors (Lipinski definition) is 0. The van der Waals surface area contributed by atoms with Crippen LogP contribution in [0, 0.1) is 5.41 Å². The molecule has 0 fully saturated rings. The van der Waals surface area contributed by atoms with Gasteiger partial charge in [-0.1, -0.05) is 85.0 Å². The Morgan fingerprint density at radius 3 is 1.13 bits per heavy atom. The van der Waals surface area contributed by atoms with Crippen LogP contribution in [0.4, 0.5) is 0 Å². The molecule has 206 valence electrons. The first-order valence-electron chi connectivity index (χ1n) is 13.0. The van der Waals surface area contributed by atoms with Crippen LogP contribution in [0.25, 0.3) is 16.0 Å². The van der Waals surface area contributed by atoms with Crippen LogP contribution in [-0.2, 0) is 33.3 Å². The first-order chi connectivity index (χ1) is 18.1. The zero-order valence-corrected chi connectivity index (χ0v) is 27.4. The second-order valence-electron chi connectivity index (χ2n) is 9.45.